The first-order chi connectivity index (χ1) is 25.6. The zero-order chi connectivity index (χ0) is 39.2. The molecule has 1 unspecified atom stereocenters. The van der Waals surface area contributed by atoms with E-state index in [2.05, 4.69) is 10.4 Å². The van der Waals surface area contributed by atoms with Crippen molar-refractivity contribution in [2.24, 2.45) is 5.28 Å². The number of benzene rings is 3. The van der Waals surface area contributed by atoms with Crippen molar-refractivity contribution in [3.8, 4) is 16.9 Å². The molecule has 0 saturated carbocycles. The summed E-state index contributed by atoms with van der Waals surface area (Å²) in [7, 11) is -2.90. The molecule has 5 rings (SSSR count). The van der Waals surface area contributed by atoms with Gasteiger partial charge in [-0.3, -0.25) is 9.59 Å². The molecule has 1 aliphatic heterocycles. The Balaban J connectivity index is 1.03. The lowest BCUT2D eigenvalue weighted by Gasteiger charge is -2.19. The Kier molecular flexibility index (Phi) is 11.9. The highest BCUT2D eigenvalue weighted by molar-refractivity contribution is 7.90. The quantitative estimate of drug-likeness (QED) is 0.0479. The predicted molar refractivity (Wildman–Crippen MR) is 185 cm³/mol. The Bertz CT molecular complexity index is 2110. The molecule has 3 amide bonds. The van der Waals surface area contributed by atoms with Crippen LogP contribution in [-0.2, 0) is 25.8 Å². The number of rotatable bonds is 15. The van der Waals surface area contributed by atoms with Gasteiger partial charge in [-0.05, 0) is 75.6 Å². The molecule has 1 aliphatic rings. The summed E-state index contributed by atoms with van der Waals surface area (Å²) in [5, 5.41) is 20.7. The molecule has 1 atom stereocenters. The van der Waals surface area contributed by atoms with Crippen LogP contribution in [0, 0.1) is 12.1 Å². The maximum absolute atomic E-state index is 13.5. The third-order valence-electron chi connectivity index (χ3n) is 8.32. The van der Waals surface area contributed by atoms with Crippen LogP contribution >= 0.6 is 0 Å². The molecule has 286 valence electrons. The Morgan fingerprint density at radius 2 is 1.59 bits per heavy atom. The number of amides is 3. The first-order valence-electron chi connectivity index (χ1n) is 16.6. The average molecular weight is 772 g/mol. The molecule has 0 radical (unpaired) electrons. The van der Waals surface area contributed by atoms with Crippen molar-refractivity contribution in [2.75, 3.05) is 20.2 Å². The number of imide groups is 1. The highest BCUT2D eigenvalue weighted by Crippen LogP contribution is 2.33. The summed E-state index contributed by atoms with van der Waals surface area (Å²) in [5.74, 6) is -1.10. The topological polar surface area (TPSA) is 179 Å². The van der Waals surface area contributed by atoms with Crippen molar-refractivity contribution < 1.29 is 50.5 Å². The molecule has 0 aliphatic carbocycles. The van der Waals surface area contributed by atoms with Gasteiger partial charge in [0.2, 0.25) is 11.5 Å². The summed E-state index contributed by atoms with van der Waals surface area (Å²) in [6.45, 7) is 3.43. The Labute approximate surface area is 308 Å². The molecule has 0 bridgehead atoms. The number of nitrogens with one attached hydrogen (secondary N) is 1. The lowest BCUT2D eigenvalue weighted by molar-refractivity contribution is -0.707. The van der Waals surface area contributed by atoms with E-state index in [1.165, 1.54) is 43.2 Å². The maximum Gasteiger partial charge on any atom is 0.435 e. The van der Waals surface area contributed by atoms with Crippen LogP contribution in [0.25, 0.3) is 16.9 Å². The van der Waals surface area contributed by atoms with Gasteiger partial charge >= 0.3 is 12.3 Å². The molecule has 54 heavy (non-hydrogen) atoms. The van der Waals surface area contributed by atoms with Crippen LogP contribution in [-0.4, -0.2) is 77.4 Å². The summed E-state index contributed by atoms with van der Waals surface area (Å²) in [4.78, 5) is 43.2. The number of ether oxygens (including phenoxy) is 1. The van der Waals surface area contributed by atoms with Crippen LogP contribution in [0.15, 0.2) is 89.0 Å². The molecule has 15 nitrogen and oxygen atoms in total. The molecule has 0 fully saturated rings. The zero-order valence-corrected chi connectivity index (χ0v) is 30.1. The van der Waals surface area contributed by atoms with Gasteiger partial charge in [0, 0.05) is 5.56 Å². The second kappa shape index (κ2) is 16.4. The summed E-state index contributed by atoms with van der Waals surface area (Å²) >= 11 is 0. The molecule has 3 aromatic carbocycles. The molecule has 1 aromatic heterocycles. The fourth-order valence-corrected chi connectivity index (χ4v) is 6.30. The van der Waals surface area contributed by atoms with Crippen molar-refractivity contribution in [1.29, 1.82) is 0 Å². The van der Waals surface area contributed by atoms with Gasteiger partial charge < -0.3 is 14.8 Å². The SMILES string of the molecule is Cc1ccc(-c2cc(C(F)(F)F)nn2-c2ccc(S(=O)(=O)NC(=O)OCCCCCCN(C)/[N+]([O-])=N\OC(C)N3C(=O)c4ccccc4C3=O)cc2)cc1. The molecular formula is C35H36F3N7O8S. The maximum atomic E-state index is 13.5. The minimum absolute atomic E-state index is 0.0920. The number of aromatic nitrogens is 2. The minimum Gasteiger partial charge on any atom is -0.569 e. The number of halogens is 3. The third-order valence-corrected chi connectivity index (χ3v) is 9.64. The number of nitrogens with zero attached hydrogens (tertiary/aromatic N) is 6. The number of hydrogen-bond acceptors (Lipinski definition) is 10. The smallest absolute Gasteiger partial charge is 0.435 e. The molecule has 0 spiro atoms. The van der Waals surface area contributed by atoms with Crippen molar-refractivity contribution >= 4 is 27.9 Å². The minimum atomic E-state index is -4.71. The lowest BCUT2D eigenvalue weighted by atomic mass is 10.1. The van der Waals surface area contributed by atoms with Gasteiger partial charge in [0.25, 0.3) is 21.8 Å². The monoisotopic (exact) mass is 771 g/mol. The summed E-state index contributed by atoms with van der Waals surface area (Å²) in [5.41, 5.74) is 1.05. The predicted octanol–water partition coefficient (Wildman–Crippen LogP) is 6.22. The fourth-order valence-electron chi connectivity index (χ4n) is 5.41. The normalized spacial score (nSPS) is 13.8. The van der Waals surface area contributed by atoms with Gasteiger partial charge in [0.1, 0.15) is 0 Å². The Hall–Kier alpha value is -5.98. The summed E-state index contributed by atoms with van der Waals surface area (Å²) in [6.07, 6.45) is -4.92. The van der Waals surface area contributed by atoms with Crippen LogP contribution in [0.3, 0.4) is 0 Å². The van der Waals surface area contributed by atoms with E-state index >= 15 is 0 Å². The standard InChI is InChI=1S/C35H36F3N7O8S/c1-23-12-14-25(15-13-23)30-22-31(35(36,37)38)39-44(30)26-16-18-27(19-17-26)54(50,51)40-34(48)52-21-9-5-4-8-20-42(3)45(49)41-53-24(2)43-32(46)28-10-6-7-11-29(28)33(43)47/h6-7,10-19,22,24H,4-5,8-9,20-21H2,1-3H3,(H,40,48)/b45-41+. The number of sulfonamides is 1. The number of alkyl halides is 3. The molecule has 1 N–H and O–H groups in total. The van der Waals surface area contributed by atoms with E-state index in [9.17, 15) is 41.2 Å². The van der Waals surface area contributed by atoms with E-state index in [1.807, 2.05) is 6.92 Å². The number of hydrogen-bond donors (Lipinski definition) is 1. The van der Waals surface area contributed by atoms with Crippen LogP contribution < -0.4 is 4.72 Å². The van der Waals surface area contributed by atoms with Crippen LogP contribution in [0.2, 0.25) is 0 Å². The number of carbonyl (C=O) groups excluding carboxylic acids is 3. The van der Waals surface area contributed by atoms with E-state index < -0.39 is 46.0 Å². The van der Waals surface area contributed by atoms with E-state index in [0.29, 0.717) is 31.2 Å². The van der Waals surface area contributed by atoms with E-state index in [1.54, 1.807) is 41.1 Å². The average Bonchev–Trinajstić information content (AvgIpc) is 3.70. The molecule has 2 heterocycles. The molecular weight excluding hydrogens is 735 g/mol. The fraction of sp³-hybridized carbons (Fsp3) is 0.314. The van der Waals surface area contributed by atoms with Gasteiger partial charge in [-0.2, -0.15) is 18.3 Å². The zero-order valence-electron chi connectivity index (χ0n) is 29.3. The highest BCUT2D eigenvalue weighted by atomic mass is 32.2. The molecule has 4 aromatic rings. The highest BCUT2D eigenvalue weighted by Gasteiger charge is 2.40. The van der Waals surface area contributed by atoms with Gasteiger partial charge in [-0.25, -0.2) is 27.5 Å². The van der Waals surface area contributed by atoms with Crippen LogP contribution in [0.5, 0.6) is 0 Å². The van der Waals surface area contributed by atoms with Gasteiger partial charge in [0.05, 0.1) is 52.6 Å². The second-order valence-corrected chi connectivity index (χ2v) is 14.0. The summed E-state index contributed by atoms with van der Waals surface area (Å²) in [6, 6.07) is 18.8. The van der Waals surface area contributed by atoms with E-state index in [4.69, 9.17) is 9.57 Å². The Morgan fingerprint density at radius 1 is 0.981 bits per heavy atom. The van der Waals surface area contributed by atoms with Crippen LogP contribution in [0.1, 0.15) is 64.6 Å². The van der Waals surface area contributed by atoms with E-state index in [-0.39, 0.29) is 45.5 Å². The number of aryl methyl sites for hydroxylation is 1. The van der Waals surface area contributed by atoms with Crippen LogP contribution in [0.4, 0.5) is 18.0 Å². The van der Waals surface area contributed by atoms with E-state index in [0.717, 1.165) is 33.3 Å². The molecule has 0 saturated heterocycles. The molecule has 19 heteroatoms. The van der Waals surface area contributed by atoms with Gasteiger partial charge in [-0.1, -0.05) is 48.4 Å². The first-order valence-corrected chi connectivity index (χ1v) is 18.1. The number of hydrazine groups is 1. The summed E-state index contributed by atoms with van der Waals surface area (Å²) < 4.78 is 74.0. The largest absolute Gasteiger partial charge is 0.569 e. The lowest BCUT2D eigenvalue weighted by Crippen LogP contribution is -2.39. The van der Waals surface area contributed by atoms with Gasteiger partial charge in [0.15, 0.2) is 5.69 Å². The number of fused-ring (bicyclic) bond motifs is 1. The van der Waals surface area contributed by atoms with Crippen molar-refractivity contribution in [3.63, 3.8) is 0 Å². The first kappa shape index (κ1) is 39.2. The number of carbonyl (C=O) groups is 3. The van der Waals surface area contributed by atoms with Crippen molar-refractivity contribution in [2.45, 2.75) is 56.8 Å². The second-order valence-electron chi connectivity index (χ2n) is 12.3. The van der Waals surface area contributed by atoms with Crippen molar-refractivity contribution in [1.82, 2.24) is 24.4 Å². The van der Waals surface area contributed by atoms with Gasteiger partial charge in [-0.15, -0.1) is 5.01 Å². The third kappa shape index (κ3) is 9.14. The Morgan fingerprint density at radius 3 is 2.20 bits per heavy atom. The van der Waals surface area contributed by atoms with Crippen molar-refractivity contribution in [3.05, 3.63) is 106 Å². The number of unbranched alkanes of at least 4 members (excludes halogenated alkanes) is 3.